The van der Waals surface area contributed by atoms with E-state index in [1.54, 1.807) is 26.1 Å². The van der Waals surface area contributed by atoms with Crippen molar-refractivity contribution in [3.8, 4) is 33.6 Å². The maximum absolute atomic E-state index is 13.2. The van der Waals surface area contributed by atoms with Crippen molar-refractivity contribution in [3.63, 3.8) is 0 Å². The van der Waals surface area contributed by atoms with Crippen LogP contribution in [0.15, 0.2) is 96.1 Å². The lowest BCUT2D eigenvalue weighted by Gasteiger charge is -2.22. The van der Waals surface area contributed by atoms with Crippen LogP contribution >= 0.6 is 0 Å². The number of benzene rings is 3. The summed E-state index contributed by atoms with van der Waals surface area (Å²) in [6.45, 7) is 4.52. The highest BCUT2D eigenvalue weighted by atomic mass is 16.2. The summed E-state index contributed by atoms with van der Waals surface area (Å²) in [4.78, 5) is 59.0. The molecule has 13 nitrogen and oxygen atoms in total. The Kier molecular flexibility index (Phi) is 9.28. The van der Waals surface area contributed by atoms with Crippen molar-refractivity contribution in [1.29, 1.82) is 0 Å². The molecule has 0 saturated carbocycles. The van der Waals surface area contributed by atoms with E-state index in [0.29, 0.717) is 18.5 Å². The van der Waals surface area contributed by atoms with Gasteiger partial charge in [-0.1, -0.05) is 44.2 Å². The van der Waals surface area contributed by atoms with Crippen LogP contribution in [0.1, 0.15) is 54.4 Å². The van der Waals surface area contributed by atoms with Gasteiger partial charge in [0.25, 0.3) is 5.91 Å². The molecule has 1 atom stereocenters. The van der Waals surface area contributed by atoms with Crippen molar-refractivity contribution in [2.24, 2.45) is 21.1 Å². The molecule has 0 spiro atoms. The van der Waals surface area contributed by atoms with Crippen LogP contribution in [-0.4, -0.2) is 52.6 Å². The van der Waals surface area contributed by atoms with E-state index >= 15 is 0 Å². The predicted octanol–water partition coefficient (Wildman–Crippen LogP) is 5.83. The van der Waals surface area contributed by atoms with Crippen LogP contribution in [0.25, 0.3) is 55.4 Å². The molecular weight excluding hydrogens is 707 g/mol. The molecule has 0 bridgehead atoms. The monoisotopic (exact) mass is 747 g/mol. The van der Waals surface area contributed by atoms with Crippen molar-refractivity contribution < 1.29 is 14.4 Å². The highest BCUT2D eigenvalue weighted by molar-refractivity contribution is 6.02. The molecule has 13 heteroatoms. The molecule has 7 aromatic rings. The molecule has 4 aromatic heterocycles. The summed E-state index contributed by atoms with van der Waals surface area (Å²) in [6, 6.07) is 25.0. The Morgan fingerprint density at radius 1 is 0.857 bits per heavy atom. The van der Waals surface area contributed by atoms with Crippen LogP contribution in [-0.2, 0) is 37.3 Å². The third-order valence-corrected chi connectivity index (χ3v) is 10.5. The number of nitrogens with one attached hydrogen (secondary N) is 3. The number of hydrogen-bond donors (Lipinski definition) is 3. The number of anilines is 1. The number of carbonyl (C=O) groups excluding carboxylic acids is 3. The number of hydrogen-bond acceptors (Lipinski definition) is 8. The lowest BCUT2D eigenvalue weighted by atomic mass is 9.93. The van der Waals surface area contributed by atoms with Gasteiger partial charge < -0.3 is 10.6 Å². The first kappa shape index (κ1) is 36.1. The number of imidazole rings is 1. The van der Waals surface area contributed by atoms with E-state index < -0.39 is 6.04 Å². The zero-order chi connectivity index (χ0) is 39.2. The molecule has 8 rings (SSSR count). The van der Waals surface area contributed by atoms with Gasteiger partial charge in [0.2, 0.25) is 11.8 Å². The summed E-state index contributed by atoms with van der Waals surface area (Å²) in [5.74, 6) is -0.690. The molecule has 1 fully saturated rings. The van der Waals surface area contributed by atoms with Gasteiger partial charge in [-0.15, -0.1) is 0 Å². The second kappa shape index (κ2) is 14.4. The van der Waals surface area contributed by atoms with Crippen LogP contribution in [0.2, 0.25) is 0 Å². The zero-order valence-corrected chi connectivity index (χ0v) is 31.8. The molecule has 1 aliphatic rings. The number of rotatable bonds is 9. The molecule has 3 aromatic carbocycles. The van der Waals surface area contributed by atoms with Crippen molar-refractivity contribution in [2.45, 2.75) is 45.2 Å². The van der Waals surface area contributed by atoms with Crippen molar-refractivity contribution in [1.82, 2.24) is 39.5 Å². The molecule has 1 aliphatic heterocycles. The minimum absolute atomic E-state index is 0.0505. The van der Waals surface area contributed by atoms with Crippen LogP contribution in [0.5, 0.6) is 0 Å². The van der Waals surface area contributed by atoms with Crippen LogP contribution in [0.3, 0.4) is 0 Å². The van der Waals surface area contributed by atoms with Crippen LogP contribution in [0, 0.1) is 0 Å². The number of amides is 3. The smallest absolute Gasteiger partial charge is 0.328 e. The molecule has 1 unspecified atom stereocenters. The van der Waals surface area contributed by atoms with E-state index in [1.807, 2.05) is 75.9 Å². The minimum atomic E-state index is -0.488. The van der Waals surface area contributed by atoms with Gasteiger partial charge >= 0.3 is 5.69 Å². The largest absolute Gasteiger partial charge is 0.374 e. The van der Waals surface area contributed by atoms with E-state index in [-0.39, 0.29) is 41.6 Å². The number of piperidine rings is 1. The third-order valence-electron chi connectivity index (χ3n) is 10.5. The molecule has 56 heavy (non-hydrogen) atoms. The number of aryl methyl sites for hydroxylation is 3. The SMILES string of the molecule is CC(C)c1cc(-c2cccc3cc(-c4ccc(C(=O)NCc5cc(-c6cccc(NC7CCC(=O)NC7=O)c6)nn5C)nc4)ncc23)cc2c1n(C)c(=O)n2C. The Morgan fingerprint density at radius 3 is 2.45 bits per heavy atom. The van der Waals surface area contributed by atoms with E-state index in [9.17, 15) is 19.2 Å². The quantitative estimate of drug-likeness (QED) is 0.156. The second-order valence-corrected chi connectivity index (χ2v) is 14.6. The van der Waals surface area contributed by atoms with Crippen LogP contribution in [0.4, 0.5) is 5.69 Å². The third kappa shape index (κ3) is 6.72. The van der Waals surface area contributed by atoms with Gasteiger partial charge in [0.05, 0.1) is 34.7 Å². The fraction of sp³-hybridized carbons (Fsp3) is 0.233. The summed E-state index contributed by atoms with van der Waals surface area (Å²) in [5, 5.41) is 15.2. The fourth-order valence-corrected chi connectivity index (χ4v) is 7.42. The second-order valence-electron chi connectivity index (χ2n) is 14.6. The minimum Gasteiger partial charge on any atom is -0.374 e. The Bertz CT molecular complexity index is 2760. The van der Waals surface area contributed by atoms with Gasteiger partial charge in [-0.2, -0.15) is 5.10 Å². The molecular formula is C43H41N9O4. The fourth-order valence-electron chi connectivity index (χ4n) is 7.42. The molecule has 3 amide bonds. The number of pyridine rings is 2. The Labute approximate surface area is 322 Å². The molecule has 282 valence electrons. The van der Waals surface area contributed by atoms with Gasteiger partial charge in [0.1, 0.15) is 11.7 Å². The van der Waals surface area contributed by atoms with Gasteiger partial charge in [-0.25, -0.2) is 4.79 Å². The van der Waals surface area contributed by atoms with Gasteiger partial charge in [-0.05, 0) is 82.9 Å². The van der Waals surface area contributed by atoms with Gasteiger partial charge in [0.15, 0.2) is 0 Å². The first-order chi connectivity index (χ1) is 26.9. The predicted molar refractivity (Wildman–Crippen MR) is 216 cm³/mol. The highest BCUT2D eigenvalue weighted by Crippen LogP contribution is 2.35. The maximum Gasteiger partial charge on any atom is 0.328 e. The average Bonchev–Trinajstić information content (AvgIpc) is 3.68. The maximum atomic E-state index is 13.2. The topological polar surface area (TPSA) is 158 Å². The van der Waals surface area contributed by atoms with E-state index in [2.05, 4.69) is 64.1 Å². The average molecular weight is 748 g/mol. The summed E-state index contributed by atoms with van der Waals surface area (Å²) in [7, 11) is 5.45. The first-order valence-electron chi connectivity index (χ1n) is 18.5. The molecule has 0 radical (unpaired) electrons. The Balaban J connectivity index is 0.960. The van der Waals surface area contributed by atoms with E-state index in [1.165, 1.54) is 0 Å². The normalized spacial score (nSPS) is 14.4. The lowest BCUT2D eigenvalue weighted by Crippen LogP contribution is -2.47. The van der Waals surface area contributed by atoms with Crippen LogP contribution < -0.4 is 21.6 Å². The number of fused-ring (bicyclic) bond motifs is 2. The van der Waals surface area contributed by atoms with E-state index in [0.717, 1.165) is 66.7 Å². The number of carbonyl (C=O) groups is 3. The molecule has 1 saturated heterocycles. The summed E-state index contributed by atoms with van der Waals surface area (Å²) >= 11 is 0. The summed E-state index contributed by atoms with van der Waals surface area (Å²) < 4.78 is 5.14. The standard InChI is InChI=1S/C43H41N9O4/c1-24(2)32-17-28(19-38-40(32)51(4)43(56)50(38)3)31-11-7-8-25-18-36(45-23-33(25)31)27-12-13-34(44-21-27)41(54)46-22-30-20-37(49-52(30)5)26-9-6-10-29(16-26)47-35-14-15-39(53)48-42(35)55/h6-13,16-21,23-24,35,47H,14-15,22H2,1-5H3,(H,46,54)(H,48,53,55). The number of nitrogens with zero attached hydrogens (tertiary/aromatic N) is 6. The molecule has 3 N–H and O–H groups in total. The van der Waals surface area contributed by atoms with E-state index in [4.69, 9.17) is 4.98 Å². The van der Waals surface area contributed by atoms with Crippen molar-refractivity contribution in [2.75, 3.05) is 5.32 Å². The van der Waals surface area contributed by atoms with Crippen molar-refractivity contribution in [3.05, 3.63) is 119 Å². The molecule has 0 aliphatic carbocycles. The zero-order valence-electron chi connectivity index (χ0n) is 31.8. The van der Waals surface area contributed by atoms with Gasteiger partial charge in [-0.3, -0.25) is 43.5 Å². The van der Waals surface area contributed by atoms with Crippen molar-refractivity contribution >= 4 is 45.2 Å². The first-order valence-corrected chi connectivity index (χ1v) is 18.5. The Hall–Kier alpha value is -6.89. The van der Waals surface area contributed by atoms with Gasteiger partial charge in [0, 0.05) is 62.2 Å². The Morgan fingerprint density at radius 2 is 1.68 bits per heavy atom. The number of imide groups is 1. The summed E-state index contributed by atoms with van der Waals surface area (Å²) in [6.07, 6.45) is 4.25. The summed E-state index contributed by atoms with van der Waals surface area (Å²) in [5.41, 5.74) is 9.84. The highest BCUT2D eigenvalue weighted by Gasteiger charge is 2.26. The molecule has 5 heterocycles. The number of aromatic nitrogens is 6. The lowest BCUT2D eigenvalue weighted by molar-refractivity contribution is -0.133.